The summed E-state index contributed by atoms with van der Waals surface area (Å²) >= 11 is 0. The molecule has 0 rings (SSSR count). The molecule has 0 radical (unpaired) electrons. The van der Waals surface area contributed by atoms with Crippen molar-refractivity contribution < 1.29 is 29.3 Å². The van der Waals surface area contributed by atoms with Gasteiger partial charge in [0.2, 0.25) is 0 Å². The number of rotatable bonds is 3. The van der Waals surface area contributed by atoms with Crippen LogP contribution in [0.25, 0.3) is 0 Å². The summed E-state index contributed by atoms with van der Waals surface area (Å²) in [6, 6.07) is 0. The normalized spacial score (nSPS) is 8.91. The zero-order chi connectivity index (χ0) is 8.69. The molecule has 0 heterocycles. The third-order valence-electron chi connectivity index (χ3n) is 0.687. The molecule has 6 heteroatoms. The standard InChI is InChI=1S/C5H8O6/c6-1-2-10-4(8)5(9)11-3-7/h6-7H,1-3H2. The van der Waals surface area contributed by atoms with Gasteiger partial charge in [0.15, 0.2) is 6.79 Å². The molecule has 0 aliphatic heterocycles. The number of hydrogen-bond acceptors (Lipinski definition) is 6. The quantitative estimate of drug-likeness (QED) is 0.285. The Hall–Kier alpha value is -1.14. The number of aliphatic hydroxyl groups is 2. The summed E-state index contributed by atoms with van der Waals surface area (Å²) in [6.45, 7) is -1.50. The fourth-order valence-corrected chi connectivity index (χ4v) is 0.315. The largest absolute Gasteiger partial charge is 0.455 e. The number of ether oxygens (including phenoxy) is 2. The summed E-state index contributed by atoms with van der Waals surface area (Å²) < 4.78 is 7.99. The first-order valence-electron chi connectivity index (χ1n) is 2.78. The first kappa shape index (κ1) is 9.86. The molecule has 0 unspecified atom stereocenters. The summed E-state index contributed by atoms with van der Waals surface area (Å²) in [4.78, 5) is 20.7. The van der Waals surface area contributed by atoms with Crippen molar-refractivity contribution >= 4 is 11.9 Å². The van der Waals surface area contributed by atoms with Gasteiger partial charge >= 0.3 is 11.9 Å². The van der Waals surface area contributed by atoms with Crippen molar-refractivity contribution in [3.63, 3.8) is 0 Å². The van der Waals surface area contributed by atoms with E-state index >= 15 is 0 Å². The molecule has 0 atom stereocenters. The summed E-state index contributed by atoms with van der Waals surface area (Å²) in [6.07, 6.45) is 0. The van der Waals surface area contributed by atoms with Crippen LogP contribution in [0.4, 0.5) is 0 Å². The monoisotopic (exact) mass is 164 g/mol. The first-order valence-corrected chi connectivity index (χ1v) is 2.78. The molecule has 0 aliphatic rings. The van der Waals surface area contributed by atoms with Gasteiger partial charge in [-0.05, 0) is 0 Å². The van der Waals surface area contributed by atoms with Crippen LogP contribution in [0.2, 0.25) is 0 Å². The molecule has 6 nitrogen and oxygen atoms in total. The summed E-state index contributed by atoms with van der Waals surface area (Å²) in [5, 5.41) is 16.2. The number of carbonyl (C=O) groups is 2. The molecule has 0 saturated carbocycles. The van der Waals surface area contributed by atoms with Crippen LogP contribution in [0.1, 0.15) is 0 Å². The van der Waals surface area contributed by atoms with E-state index < -0.39 is 18.7 Å². The lowest BCUT2D eigenvalue weighted by Crippen LogP contribution is -2.21. The predicted octanol–water partition coefficient (Wildman–Crippen LogP) is -1.99. The Morgan fingerprint density at radius 2 is 1.64 bits per heavy atom. The second-order valence-corrected chi connectivity index (χ2v) is 1.42. The number of aliphatic hydroxyl groups excluding tert-OH is 2. The number of esters is 2. The molecule has 0 bridgehead atoms. The van der Waals surface area contributed by atoms with Gasteiger partial charge in [-0.25, -0.2) is 9.59 Å². The second-order valence-electron chi connectivity index (χ2n) is 1.42. The Labute approximate surface area is 62.3 Å². The van der Waals surface area contributed by atoms with Crippen molar-refractivity contribution in [1.29, 1.82) is 0 Å². The van der Waals surface area contributed by atoms with Crippen LogP contribution in [-0.4, -0.2) is 42.2 Å². The van der Waals surface area contributed by atoms with Crippen molar-refractivity contribution in [2.24, 2.45) is 0 Å². The highest BCUT2D eigenvalue weighted by atomic mass is 16.6. The molecule has 0 amide bonds. The van der Waals surface area contributed by atoms with Gasteiger partial charge in [0.05, 0.1) is 6.61 Å². The molecule has 0 aromatic heterocycles. The van der Waals surface area contributed by atoms with Crippen molar-refractivity contribution in [3.8, 4) is 0 Å². The van der Waals surface area contributed by atoms with Crippen LogP contribution in [-0.2, 0) is 19.1 Å². The van der Waals surface area contributed by atoms with Crippen molar-refractivity contribution in [3.05, 3.63) is 0 Å². The van der Waals surface area contributed by atoms with Gasteiger partial charge in [-0.15, -0.1) is 0 Å². The molecule has 0 aromatic rings. The van der Waals surface area contributed by atoms with Crippen LogP contribution in [0, 0.1) is 0 Å². The van der Waals surface area contributed by atoms with E-state index in [4.69, 9.17) is 10.2 Å². The highest BCUT2D eigenvalue weighted by Gasteiger charge is 2.15. The van der Waals surface area contributed by atoms with Gasteiger partial charge in [0.25, 0.3) is 0 Å². The second kappa shape index (κ2) is 5.63. The van der Waals surface area contributed by atoms with Crippen molar-refractivity contribution in [1.82, 2.24) is 0 Å². The average molecular weight is 164 g/mol. The lowest BCUT2D eigenvalue weighted by Gasteiger charge is -2.00. The van der Waals surface area contributed by atoms with Crippen LogP contribution < -0.4 is 0 Å². The van der Waals surface area contributed by atoms with E-state index in [-0.39, 0.29) is 13.2 Å². The minimum atomic E-state index is -1.28. The third-order valence-corrected chi connectivity index (χ3v) is 0.687. The fourth-order valence-electron chi connectivity index (χ4n) is 0.315. The van der Waals surface area contributed by atoms with Crippen molar-refractivity contribution in [2.45, 2.75) is 0 Å². The Balaban J connectivity index is 3.56. The van der Waals surface area contributed by atoms with E-state index in [2.05, 4.69) is 9.47 Å². The Morgan fingerprint density at radius 1 is 1.09 bits per heavy atom. The highest BCUT2D eigenvalue weighted by molar-refractivity contribution is 6.29. The molecular weight excluding hydrogens is 156 g/mol. The Kier molecular flexibility index (Phi) is 5.05. The molecule has 2 N–H and O–H groups in total. The van der Waals surface area contributed by atoms with E-state index in [1.54, 1.807) is 0 Å². The van der Waals surface area contributed by atoms with E-state index in [0.717, 1.165) is 0 Å². The highest BCUT2D eigenvalue weighted by Crippen LogP contribution is 1.82. The maximum absolute atomic E-state index is 10.4. The van der Waals surface area contributed by atoms with E-state index in [1.807, 2.05) is 0 Å². The fraction of sp³-hybridized carbons (Fsp3) is 0.600. The smallest absolute Gasteiger partial charge is 0.419 e. The lowest BCUT2D eigenvalue weighted by molar-refractivity contribution is -0.173. The molecular formula is C5H8O6. The maximum Gasteiger partial charge on any atom is 0.419 e. The number of carbonyl (C=O) groups excluding carboxylic acids is 2. The zero-order valence-corrected chi connectivity index (χ0v) is 5.65. The molecule has 0 saturated heterocycles. The average Bonchev–Trinajstić information content (AvgIpc) is 2.00. The van der Waals surface area contributed by atoms with Crippen LogP contribution >= 0.6 is 0 Å². The molecule has 0 aromatic carbocycles. The topological polar surface area (TPSA) is 93.1 Å². The number of hydrogen-bond donors (Lipinski definition) is 2. The summed E-state index contributed by atoms with van der Waals surface area (Å²) in [5.74, 6) is -2.51. The molecule has 64 valence electrons. The molecule has 0 fully saturated rings. The van der Waals surface area contributed by atoms with Gasteiger partial charge in [0, 0.05) is 0 Å². The van der Waals surface area contributed by atoms with Gasteiger partial charge in [-0.3, -0.25) is 0 Å². The third kappa shape index (κ3) is 4.29. The SMILES string of the molecule is O=C(OCO)C(=O)OCCO. The summed E-state index contributed by atoms with van der Waals surface area (Å²) in [7, 11) is 0. The molecule has 11 heavy (non-hydrogen) atoms. The van der Waals surface area contributed by atoms with Gasteiger partial charge in [-0.1, -0.05) is 0 Å². The predicted molar refractivity (Wildman–Crippen MR) is 31.2 cm³/mol. The van der Waals surface area contributed by atoms with E-state index in [0.29, 0.717) is 0 Å². The maximum atomic E-state index is 10.4. The Bertz CT molecular complexity index is 142. The molecule has 0 spiro atoms. The van der Waals surface area contributed by atoms with E-state index in [9.17, 15) is 9.59 Å². The van der Waals surface area contributed by atoms with E-state index in [1.165, 1.54) is 0 Å². The lowest BCUT2D eigenvalue weighted by atomic mass is 10.7. The van der Waals surface area contributed by atoms with Crippen LogP contribution in [0.3, 0.4) is 0 Å². The first-order chi connectivity index (χ1) is 5.22. The zero-order valence-electron chi connectivity index (χ0n) is 5.65. The summed E-state index contributed by atoms with van der Waals surface area (Å²) in [5.41, 5.74) is 0. The van der Waals surface area contributed by atoms with Gasteiger partial charge < -0.3 is 19.7 Å². The Morgan fingerprint density at radius 3 is 2.09 bits per heavy atom. The van der Waals surface area contributed by atoms with Crippen LogP contribution in [0.15, 0.2) is 0 Å². The minimum Gasteiger partial charge on any atom is -0.455 e. The van der Waals surface area contributed by atoms with Crippen LogP contribution in [0.5, 0.6) is 0 Å². The molecule has 0 aliphatic carbocycles. The van der Waals surface area contributed by atoms with Crippen molar-refractivity contribution in [2.75, 3.05) is 20.0 Å². The van der Waals surface area contributed by atoms with Gasteiger partial charge in [-0.2, -0.15) is 0 Å². The minimum absolute atomic E-state index is 0.265. The van der Waals surface area contributed by atoms with Gasteiger partial charge in [0.1, 0.15) is 6.61 Å².